The summed E-state index contributed by atoms with van der Waals surface area (Å²) in [5.41, 5.74) is 2.05. The van der Waals surface area contributed by atoms with Gasteiger partial charge in [0.15, 0.2) is 5.82 Å². The van der Waals surface area contributed by atoms with Gasteiger partial charge in [0.1, 0.15) is 11.7 Å². The zero-order valence-electron chi connectivity index (χ0n) is 19.7. The number of urea groups is 1. The van der Waals surface area contributed by atoms with Crippen LogP contribution < -0.4 is 16.0 Å². The highest BCUT2D eigenvalue weighted by molar-refractivity contribution is 6.32. The van der Waals surface area contributed by atoms with E-state index in [1.807, 2.05) is 15.9 Å². The Kier molecular flexibility index (Phi) is 7.28. The fraction of sp³-hybridized carbons (Fsp3) is 0.458. The Balaban J connectivity index is 1.13. The molecule has 3 aliphatic heterocycles. The van der Waals surface area contributed by atoms with Crippen molar-refractivity contribution >= 4 is 47.2 Å². The Bertz CT molecular complexity index is 1170. The maximum atomic E-state index is 12.7. The van der Waals surface area contributed by atoms with E-state index >= 15 is 0 Å². The fourth-order valence-electron chi connectivity index (χ4n) is 4.76. The number of rotatable bonds is 7. The van der Waals surface area contributed by atoms with Crippen LogP contribution in [0.3, 0.4) is 0 Å². The zero-order valence-corrected chi connectivity index (χ0v) is 20.5. The van der Waals surface area contributed by atoms with E-state index in [2.05, 4.69) is 30.9 Å². The molecule has 2 aromatic rings. The molecule has 1 atom stereocenters. The van der Waals surface area contributed by atoms with Crippen LogP contribution in [0.2, 0.25) is 5.02 Å². The normalized spacial score (nSPS) is 20.0. The van der Waals surface area contributed by atoms with E-state index in [1.54, 1.807) is 18.3 Å². The van der Waals surface area contributed by atoms with Gasteiger partial charge < -0.3 is 20.9 Å². The summed E-state index contributed by atoms with van der Waals surface area (Å²) in [6.07, 6.45) is 5.44. The second-order valence-corrected chi connectivity index (χ2v) is 9.62. The molecule has 0 saturated carbocycles. The van der Waals surface area contributed by atoms with Gasteiger partial charge in [-0.2, -0.15) is 4.98 Å². The number of fused-ring (bicyclic) bond motifs is 1. The molecule has 5 rings (SSSR count). The van der Waals surface area contributed by atoms with Crippen molar-refractivity contribution in [3.63, 3.8) is 0 Å². The van der Waals surface area contributed by atoms with Crippen molar-refractivity contribution in [1.82, 2.24) is 25.1 Å². The number of aromatic nitrogens is 2. The molecule has 0 aliphatic carbocycles. The third-order valence-electron chi connectivity index (χ3n) is 6.73. The summed E-state index contributed by atoms with van der Waals surface area (Å²) in [6, 6.07) is 5.44. The van der Waals surface area contributed by atoms with Crippen molar-refractivity contribution in [3.05, 3.63) is 40.5 Å². The van der Waals surface area contributed by atoms with Crippen LogP contribution in [0.5, 0.6) is 0 Å². The predicted molar refractivity (Wildman–Crippen MR) is 136 cm³/mol. The summed E-state index contributed by atoms with van der Waals surface area (Å²) in [4.78, 5) is 40.8. The van der Waals surface area contributed by atoms with E-state index < -0.39 is 0 Å². The molecule has 0 bridgehead atoms. The summed E-state index contributed by atoms with van der Waals surface area (Å²) >= 11 is 6.35. The van der Waals surface area contributed by atoms with Crippen LogP contribution in [0.4, 0.5) is 26.6 Å². The van der Waals surface area contributed by atoms with Gasteiger partial charge in [-0.1, -0.05) is 11.6 Å². The second kappa shape index (κ2) is 10.8. The van der Waals surface area contributed by atoms with E-state index in [0.717, 1.165) is 37.1 Å². The van der Waals surface area contributed by atoms with Crippen LogP contribution in [0.25, 0.3) is 0 Å². The van der Waals surface area contributed by atoms with Crippen molar-refractivity contribution in [2.24, 2.45) is 4.99 Å². The summed E-state index contributed by atoms with van der Waals surface area (Å²) in [7, 11) is 0. The number of halogens is 2. The third-order valence-corrected chi connectivity index (χ3v) is 7.00. The van der Waals surface area contributed by atoms with Crippen LogP contribution >= 0.6 is 11.6 Å². The molecule has 0 radical (unpaired) electrons. The molecule has 2 saturated heterocycles. The molecule has 3 N–H and O–H groups in total. The number of alkyl halides is 1. The molecule has 3 aliphatic rings. The quantitative estimate of drug-likeness (QED) is 0.520. The summed E-state index contributed by atoms with van der Waals surface area (Å²) in [6.45, 7) is 2.82. The number of carbonyl (C=O) groups is 2. The number of piperidine rings is 1. The molecule has 1 aromatic heterocycles. The fourth-order valence-corrected chi connectivity index (χ4v) is 4.90. The minimum absolute atomic E-state index is 0.0619. The standard InChI is InChI=1S/C24H28ClFN8O2/c25-20-13-28-23(30-17-1-2-19-15(11-17)12-27-22(19)35)32-21(20)29-16-4-8-34(9-5-16)24(36)31-18-3-7-33(14-18)10-6-26/h1-2,11-13,16,18H,3-10,14H2,(H,31,36)(H2,28,29,30,32)/t18-/m0/s1. The van der Waals surface area contributed by atoms with Crippen LogP contribution in [-0.2, 0) is 0 Å². The molecule has 36 heavy (non-hydrogen) atoms. The first kappa shape index (κ1) is 24.4. The maximum absolute atomic E-state index is 12.7. The van der Waals surface area contributed by atoms with Gasteiger partial charge in [-0.25, -0.2) is 19.2 Å². The Morgan fingerprint density at radius 2 is 1.97 bits per heavy atom. The monoisotopic (exact) mass is 514 g/mol. The lowest BCUT2D eigenvalue weighted by Gasteiger charge is -2.33. The number of nitrogens with zero attached hydrogens (tertiary/aromatic N) is 5. The van der Waals surface area contributed by atoms with Crippen molar-refractivity contribution in [1.29, 1.82) is 0 Å². The number of hydrogen-bond donors (Lipinski definition) is 3. The Hall–Kier alpha value is -3.31. The van der Waals surface area contributed by atoms with Gasteiger partial charge in [0.25, 0.3) is 5.91 Å². The minimum atomic E-state index is -0.361. The zero-order chi connectivity index (χ0) is 25.1. The van der Waals surface area contributed by atoms with Crippen molar-refractivity contribution in [3.8, 4) is 0 Å². The molecule has 190 valence electrons. The average Bonchev–Trinajstić information content (AvgIpc) is 3.47. The Morgan fingerprint density at radius 1 is 1.17 bits per heavy atom. The van der Waals surface area contributed by atoms with E-state index in [-0.39, 0.29) is 30.7 Å². The SMILES string of the molecule is O=C1N=Cc2cc(Nc3ncc(Cl)c(NC4CCN(C(=O)N[C@H]5CCN(CCF)C5)CC4)n3)ccc21. The van der Waals surface area contributed by atoms with E-state index in [1.165, 1.54) is 6.20 Å². The Morgan fingerprint density at radius 3 is 2.78 bits per heavy atom. The van der Waals surface area contributed by atoms with Crippen molar-refractivity contribution in [2.45, 2.75) is 31.3 Å². The molecule has 2 fully saturated rings. The van der Waals surface area contributed by atoms with Crippen LogP contribution in [0, 0.1) is 0 Å². The van der Waals surface area contributed by atoms with E-state index in [9.17, 15) is 14.0 Å². The van der Waals surface area contributed by atoms with Gasteiger partial charge in [-0.05, 0) is 37.5 Å². The smallest absolute Gasteiger partial charge is 0.317 e. The van der Waals surface area contributed by atoms with E-state index in [0.29, 0.717) is 48.5 Å². The van der Waals surface area contributed by atoms with Gasteiger partial charge in [-0.15, -0.1) is 0 Å². The lowest BCUT2D eigenvalue weighted by Crippen LogP contribution is -2.50. The average molecular weight is 515 g/mol. The number of benzene rings is 1. The predicted octanol–water partition coefficient (Wildman–Crippen LogP) is 3.08. The number of carbonyl (C=O) groups excluding carboxylic acids is 2. The molecule has 0 unspecified atom stereocenters. The van der Waals surface area contributed by atoms with E-state index in [4.69, 9.17) is 11.6 Å². The van der Waals surface area contributed by atoms with Gasteiger partial charge >= 0.3 is 6.03 Å². The number of aliphatic imine (C=N–C) groups is 1. The third kappa shape index (κ3) is 5.57. The highest BCUT2D eigenvalue weighted by atomic mass is 35.5. The first-order valence-corrected chi connectivity index (χ1v) is 12.5. The summed E-state index contributed by atoms with van der Waals surface area (Å²) in [5.74, 6) is 0.653. The number of anilines is 3. The summed E-state index contributed by atoms with van der Waals surface area (Å²) in [5, 5.41) is 10.0. The van der Waals surface area contributed by atoms with Crippen molar-refractivity contribution in [2.75, 3.05) is 50.0 Å². The number of nitrogens with one attached hydrogen (secondary N) is 3. The van der Waals surface area contributed by atoms with Crippen LogP contribution in [0.1, 0.15) is 35.2 Å². The van der Waals surface area contributed by atoms with Crippen molar-refractivity contribution < 1.29 is 14.0 Å². The van der Waals surface area contributed by atoms with Gasteiger partial charge in [0.05, 0.1) is 11.8 Å². The number of likely N-dealkylation sites (tertiary alicyclic amines) is 2. The molecule has 4 heterocycles. The number of hydrogen-bond acceptors (Lipinski definition) is 7. The van der Waals surface area contributed by atoms with Gasteiger partial charge in [-0.3, -0.25) is 9.69 Å². The first-order chi connectivity index (χ1) is 17.5. The van der Waals surface area contributed by atoms with Gasteiger partial charge in [0.2, 0.25) is 5.95 Å². The maximum Gasteiger partial charge on any atom is 0.317 e. The molecule has 10 nitrogen and oxygen atoms in total. The molecule has 3 amide bonds. The lowest BCUT2D eigenvalue weighted by atomic mass is 10.1. The lowest BCUT2D eigenvalue weighted by molar-refractivity contribution is 0.101. The summed E-state index contributed by atoms with van der Waals surface area (Å²) < 4.78 is 12.5. The molecular formula is C24H28ClFN8O2. The van der Waals surface area contributed by atoms with Crippen LogP contribution in [-0.4, -0.2) is 89.4 Å². The molecule has 1 aromatic carbocycles. The van der Waals surface area contributed by atoms with Crippen LogP contribution in [0.15, 0.2) is 29.4 Å². The van der Waals surface area contributed by atoms with Gasteiger partial charge in [0, 0.05) is 62.3 Å². The molecule has 0 spiro atoms. The molecule has 12 heteroatoms. The minimum Gasteiger partial charge on any atom is -0.366 e. The molecular weight excluding hydrogens is 487 g/mol. The highest BCUT2D eigenvalue weighted by Crippen LogP contribution is 2.26. The largest absolute Gasteiger partial charge is 0.366 e. The highest BCUT2D eigenvalue weighted by Gasteiger charge is 2.28. The number of amides is 3. The Labute approximate surface area is 213 Å². The topological polar surface area (TPSA) is 115 Å². The first-order valence-electron chi connectivity index (χ1n) is 12.1. The second-order valence-electron chi connectivity index (χ2n) is 9.21.